The van der Waals surface area contributed by atoms with Gasteiger partial charge in [0.05, 0.1) is 11.5 Å². The summed E-state index contributed by atoms with van der Waals surface area (Å²) in [6.45, 7) is 8.29. The molecule has 1 saturated heterocycles. The Kier molecular flexibility index (Phi) is 4.05. The number of carboxylic acids is 1. The van der Waals surface area contributed by atoms with E-state index in [0.29, 0.717) is 19.4 Å². The van der Waals surface area contributed by atoms with Gasteiger partial charge >= 0.3 is 5.97 Å². The maximum absolute atomic E-state index is 12.3. The second-order valence-electron chi connectivity index (χ2n) is 6.57. The molecule has 18 heavy (non-hydrogen) atoms. The predicted octanol–water partition coefficient (Wildman–Crippen LogP) is 1.07. The molecule has 5 heteroatoms. The summed E-state index contributed by atoms with van der Waals surface area (Å²) in [5.74, 6) is -0.987. The standard InChI is InChI=1S/C13H24N2O3/c1-12(2,3)9(14)10(16)15-7-5-6-13(4,8-15)11(17)18/h9H,5-8,14H2,1-4H3,(H,17,18)/t9-,13?/m0/s1. The Morgan fingerprint density at radius 2 is 1.94 bits per heavy atom. The van der Waals surface area contributed by atoms with Crippen molar-refractivity contribution in [3.63, 3.8) is 0 Å². The van der Waals surface area contributed by atoms with Gasteiger partial charge in [0.25, 0.3) is 0 Å². The number of hydrogen-bond donors (Lipinski definition) is 2. The van der Waals surface area contributed by atoms with Crippen LogP contribution in [-0.2, 0) is 9.59 Å². The molecule has 1 aliphatic rings. The number of amides is 1. The van der Waals surface area contributed by atoms with Gasteiger partial charge in [-0.1, -0.05) is 20.8 Å². The van der Waals surface area contributed by atoms with Gasteiger partial charge in [-0.15, -0.1) is 0 Å². The Balaban J connectivity index is 2.79. The number of carbonyl (C=O) groups is 2. The van der Waals surface area contributed by atoms with Crippen molar-refractivity contribution in [3.05, 3.63) is 0 Å². The van der Waals surface area contributed by atoms with Gasteiger partial charge in [0.1, 0.15) is 0 Å². The van der Waals surface area contributed by atoms with Crippen molar-refractivity contribution in [1.29, 1.82) is 0 Å². The van der Waals surface area contributed by atoms with Gasteiger partial charge in [-0.25, -0.2) is 0 Å². The van der Waals surface area contributed by atoms with Crippen LogP contribution in [0.5, 0.6) is 0 Å². The summed E-state index contributed by atoms with van der Waals surface area (Å²) in [5.41, 5.74) is 4.80. The monoisotopic (exact) mass is 256 g/mol. The van der Waals surface area contributed by atoms with Crippen LogP contribution < -0.4 is 5.73 Å². The summed E-state index contributed by atoms with van der Waals surface area (Å²) in [6, 6.07) is -0.589. The van der Waals surface area contributed by atoms with Gasteiger partial charge in [-0.05, 0) is 25.2 Å². The van der Waals surface area contributed by atoms with Crippen molar-refractivity contribution in [2.45, 2.75) is 46.6 Å². The molecule has 5 nitrogen and oxygen atoms in total. The molecule has 0 aromatic rings. The number of nitrogens with zero attached hydrogens (tertiary/aromatic N) is 1. The molecule has 0 spiro atoms. The Hall–Kier alpha value is -1.10. The molecule has 1 fully saturated rings. The number of piperidine rings is 1. The average Bonchev–Trinajstić information content (AvgIpc) is 2.25. The SMILES string of the molecule is CC1(C(=O)O)CCCN(C(=O)[C@H](N)C(C)(C)C)C1. The molecule has 1 rings (SSSR count). The smallest absolute Gasteiger partial charge is 0.311 e. The molecule has 1 aliphatic heterocycles. The first-order valence-electron chi connectivity index (χ1n) is 6.36. The van der Waals surface area contributed by atoms with Crippen LogP contribution in [0.3, 0.4) is 0 Å². The lowest BCUT2D eigenvalue weighted by atomic mass is 9.80. The minimum Gasteiger partial charge on any atom is -0.481 e. The van der Waals surface area contributed by atoms with Gasteiger partial charge in [0.15, 0.2) is 0 Å². The Labute approximate surface area is 108 Å². The number of likely N-dealkylation sites (tertiary alicyclic amines) is 1. The lowest BCUT2D eigenvalue weighted by molar-refractivity contribution is -0.154. The highest BCUT2D eigenvalue weighted by Gasteiger charge is 2.41. The topological polar surface area (TPSA) is 83.6 Å². The van der Waals surface area contributed by atoms with Crippen molar-refractivity contribution < 1.29 is 14.7 Å². The summed E-state index contributed by atoms with van der Waals surface area (Å²) in [6.07, 6.45) is 1.32. The van der Waals surface area contributed by atoms with Crippen molar-refractivity contribution in [3.8, 4) is 0 Å². The lowest BCUT2D eigenvalue weighted by Crippen LogP contribution is -2.55. The molecule has 1 amide bonds. The number of aliphatic carboxylic acids is 1. The zero-order valence-corrected chi connectivity index (χ0v) is 11.7. The highest BCUT2D eigenvalue weighted by molar-refractivity contribution is 5.84. The van der Waals surface area contributed by atoms with Gasteiger partial charge in [-0.3, -0.25) is 9.59 Å². The van der Waals surface area contributed by atoms with E-state index in [4.69, 9.17) is 5.73 Å². The minimum atomic E-state index is -0.843. The molecule has 0 radical (unpaired) electrons. The lowest BCUT2D eigenvalue weighted by Gasteiger charge is -2.40. The predicted molar refractivity (Wildman–Crippen MR) is 69.0 cm³/mol. The zero-order valence-electron chi connectivity index (χ0n) is 11.7. The summed E-state index contributed by atoms with van der Waals surface area (Å²) in [4.78, 5) is 25.1. The molecule has 0 aromatic carbocycles. The van der Waals surface area contributed by atoms with Crippen LogP contribution in [0, 0.1) is 10.8 Å². The second kappa shape index (κ2) is 4.88. The largest absolute Gasteiger partial charge is 0.481 e. The van der Waals surface area contributed by atoms with E-state index < -0.39 is 17.4 Å². The maximum atomic E-state index is 12.3. The molecule has 2 atom stereocenters. The minimum absolute atomic E-state index is 0.144. The summed E-state index contributed by atoms with van der Waals surface area (Å²) < 4.78 is 0. The number of rotatable bonds is 2. The molecule has 3 N–H and O–H groups in total. The van der Waals surface area contributed by atoms with Gasteiger partial charge in [0.2, 0.25) is 5.91 Å². The third-order valence-electron chi connectivity index (χ3n) is 3.72. The fraction of sp³-hybridized carbons (Fsp3) is 0.846. The molecule has 1 heterocycles. The molecule has 0 aliphatic carbocycles. The highest BCUT2D eigenvalue weighted by atomic mass is 16.4. The highest BCUT2D eigenvalue weighted by Crippen LogP contribution is 2.31. The van der Waals surface area contributed by atoms with Crippen LogP contribution in [0.15, 0.2) is 0 Å². The molecule has 0 saturated carbocycles. The summed E-state index contributed by atoms with van der Waals surface area (Å²) in [7, 11) is 0. The fourth-order valence-corrected chi connectivity index (χ4v) is 2.17. The van der Waals surface area contributed by atoms with E-state index in [1.807, 2.05) is 20.8 Å². The first-order valence-corrected chi connectivity index (χ1v) is 6.36. The van der Waals surface area contributed by atoms with E-state index in [1.165, 1.54) is 0 Å². The van der Waals surface area contributed by atoms with Gasteiger partial charge in [0, 0.05) is 13.1 Å². The van der Waals surface area contributed by atoms with E-state index >= 15 is 0 Å². The first kappa shape index (κ1) is 15.0. The van der Waals surface area contributed by atoms with Crippen molar-refractivity contribution >= 4 is 11.9 Å². The summed E-state index contributed by atoms with van der Waals surface area (Å²) >= 11 is 0. The van der Waals surface area contributed by atoms with Crippen molar-refractivity contribution in [1.82, 2.24) is 4.90 Å². The average molecular weight is 256 g/mol. The van der Waals surface area contributed by atoms with Gasteiger partial charge < -0.3 is 15.7 Å². The molecule has 0 aromatic heterocycles. The fourth-order valence-electron chi connectivity index (χ4n) is 2.17. The van der Waals surface area contributed by atoms with E-state index in [2.05, 4.69) is 0 Å². The van der Waals surface area contributed by atoms with E-state index in [0.717, 1.165) is 0 Å². The van der Waals surface area contributed by atoms with Gasteiger partial charge in [-0.2, -0.15) is 0 Å². The van der Waals surface area contributed by atoms with Crippen LogP contribution >= 0.6 is 0 Å². The Morgan fingerprint density at radius 3 is 2.39 bits per heavy atom. The third-order valence-corrected chi connectivity index (χ3v) is 3.72. The number of carbonyl (C=O) groups excluding carboxylic acids is 1. The van der Waals surface area contributed by atoms with Crippen LogP contribution in [0.4, 0.5) is 0 Å². The normalized spacial score (nSPS) is 26.8. The van der Waals surface area contributed by atoms with E-state index in [9.17, 15) is 14.7 Å². The molecular formula is C13H24N2O3. The molecule has 0 bridgehead atoms. The molecule has 1 unspecified atom stereocenters. The Bertz CT molecular complexity index is 349. The second-order valence-corrected chi connectivity index (χ2v) is 6.57. The van der Waals surface area contributed by atoms with E-state index in [1.54, 1.807) is 11.8 Å². The number of nitrogens with two attached hydrogens (primary N) is 1. The van der Waals surface area contributed by atoms with Crippen LogP contribution in [-0.4, -0.2) is 41.0 Å². The van der Waals surface area contributed by atoms with Crippen molar-refractivity contribution in [2.24, 2.45) is 16.6 Å². The van der Waals surface area contributed by atoms with E-state index in [-0.39, 0.29) is 17.9 Å². The Morgan fingerprint density at radius 1 is 1.39 bits per heavy atom. The molecule has 104 valence electrons. The molecular weight excluding hydrogens is 232 g/mol. The van der Waals surface area contributed by atoms with Crippen LogP contribution in [0.25, 0.3) is 0 Å². The van der Waals surface area contributed by atoms with Crippen LogP contribution in [0.2, 0.25) is 0 Å². The number of carboxylic acid groups (broad SMARTS) is 1. The first-order chi connectivity index (χ1) is 8.08. The maximum Gasteiger partial charge on any atom is 0.311 e. The third kappa shape index (κ3) is 3.02. The van der Waals surface area contributed by atoms with Crippen molar-refractivity contribution in [2.75, 3.05) is 13.1 Å². The summed E-state index contributed by atoms with van der Waals surface area (Å²) in [5, 5.41) is 9.23. The van der Waals surface area contributed by atoms with Crippen LogP contribution in [0.1, 0.15) is 40.5 Å². The number of hydrogen-bond acceptors (Lipinski definition) is 3. The zero-order chi connectivity index (χ0) is 14.1. The quantitative estimate of drug-likeness (QED) is 0.774.